The van der Waals surface area contributed by atoms with Gasteiger partial charge in [-0.3, -0.25) is 0 Å². The molecule has 0 heterocycles. The van der Waals surface area contributed by atoms with Gasteiger partial charge in [0.2, 0.25) is 0 Å². The number of carbonyl (C=O) groups is 2. The van der Waals surface area contributed by atoms with E-state index in [4.69, 9.17) is 0 Å². The van der Waals surface area contributed by atoms with Crippen molar-refractivity contribution in [3.63, 3.8) is 0 Å². The molecule has 0 atom stereocenters. The lowest BCUT2D eigenvalue weighted by atomic mass is 10.1. The molecule has 0 aliphatic rings. The SMILES string of the molecule is O=C([O-])c1ccc(C(=O)[O-])cc1.[S+2]. The van der Waals surface area contributed by atoms with Crippen LogP contribution in [0.5, 0.6) is 0 Å². The number of carboxylic acid groups (broad SMARTS) is 2. The van der Waals surface area contributed by atoms with Gasteiger partial charge < -0.3 is 19.8 Å². The quantitative estimate of drug-likeness (QED) is 0.571. The van der Waals surface area contributed by atoms with Crippen LogP contribution in [0.1, 0.15) is 20.7 Å². The Morgan fingerprint density at radius 1 is 0.846 bits per heavy atom. The predicted octanol–water partition coefficient (Wildman–Crippen LogP) is -1.59. The monoisotopic (exact) mass is 196 g/mol. The van der Waals surface area contributed by atoms with Crippen LogP contribution in [0.3, 0.4) is 0 Å². The highest BCUT2D eigenvalue weighted by atomic mass is 32.1. The fourth-order valence-corrected chi connectivity index (χ4v) is 0.742. The third-order valence-corrected chi connectivity index (χ3v) is 1.36. The molecule has 0 spiro atoms. The lowest BCUT2D eigenvalue weighted by Gasteiger charge is -2.04. The maximum Gasteiger partial charge on any atom is 2.00 e. The minimum absolute atomic E-state index is 0. The third-order valence-electron chi connectivity index (χ3n) is 1.36. The summed E-state index contributed by atoms with van der Waals surface area (Å²) in [5, 5.41) is 20.4. The molecule has 0 saturated carbocycles. The van der Waals surface area contributed by atoms with E-state index in [-0.39, 0.29) is 24.6 Å². The highest BCUT2D eigenvalue weighted by Crippen LogP contribution is 2.01. The molecule has 0 amide bonds. The van der Waals surface area contributed by atoms with Gasteiger partial charge in [0.25, 0.3) is 0 Å². The standard InChI is InChI=1S/C8H6O4.S/c9-7(10)5-1-2-6(4-3-5)8(11)12;/h1-4H,(H,9,10)(H,11,12);/q;+2/p-2. The summed E-state index contributed by atoms with van der Waals surface area (Å²) in [4.78, 5) is 20.4. The van der Waals surface area contributed by atoms with Gasteiger partial charge in [0.15, 0.2) is 0 Å². The normalized spacial score (nSPS) is 8.62. The molecule has 0 aliphatic heterocycles. The molecule has 0 aromatic heterocycles. The van der Waals surface area contributed by atoms with Gasteiger partial charge in [0.05, 0.1) is 11.9 Å². The summed E-state index contributed by atoms with van der Waals surface area (Å²) in [6, 6.07) is 4.61. The summed E-state index contributed by atoms with van der Waals surface area (Å²) in [5.74, 6) is -2.67. The van der Waals surface area contributed by atoms with Crippen LogP contribution >= 0.6 is 0 Å². The Morgan fingerprint density at radius 2 is 1.08 bits per heavy atom. The van der Waals surface area contributed by atoms with Crippen LogP contribution in [-0.2, 0) is 13.5 Å². The second-order valence-electron chi connectivity index (χ2n) is 2.15. The van der Waals surface area contributed by atoms with E-state index in [2.05, 4.69) is 0 Å². The molecule has 1 aromatic rings. The predicted molar refractivity (Wildman–Crippen MR) is 42.5 cm³/mol. The van der Waals surface area contributed by atoms with Crippen molar-refractivity contribution in [3.8, 4) is 0 Å². The minimum atomic E-state index is -1.33. The molecular formula is C8H4O4S. The van der Waals surface area contributed by atoms with Crippen LogP contribution in [-0.4, -0.2) is 11.9 Å². The smallest absolute Gasteiger partial charge is 0.545 e. The molecule has 0 N–H and O–H groups in total. The van der Waals surface area contributed by atoms with Crippen molar-refractivity contribution >= 4 is 25.4 Å². The summed E-state index contributed by atoms with van der Waals surface area (Å²) in [5.41, 5.74) is -0.111. The molecule has 5 heteroatoms. The molecule has 1 aromatic carbocycles. The molecule has 0 saturated heterocycles. The first kappa shape index (κ1) is 11.5. The molecule has 66 valence electrons. The van der Waals surface area contributed by atoms with Crippen LogP contribution in [0.4, 0.5) is 0 Å². The lowest BCUT2D eigenvalue weighted by molar-refractivity contribution is -0.256. The summed E-state index contributed by atoms with van der Waals surface area (Å²) in [6.45, 7) is 0. The maximum atomic E-state index is 10.2. The summed E-state index contributed by atoms with van der Waals surface area (Å²) in [6.07, 6.45) is 0. The Labute approximate surface area is 81.3 Å². The van der Waals surface area contributed by atoms with Gasteiger partial charge in [-0.2, -0.15) is 0 Å². The fraction of sp³-hybridized carbons (Fsp3) is 0. The molecule has 0 fully saturated rings. The van der Waals surface area contributed by atoms with Crippen LogP contribution in [0.15, 0.2) is 24.3 Å². The number of benzene rings is 1. The van der Waals surface area contributed by atoms with Crippen LogP contribution in [0.25, 0.3) is 0 Å². The van der Waals surface area contributed by atoms with E-state index in [1.54, 1.807) is 0 Å². The Bertz CT molecular complexity index is 284. The van der Waals surface area contributed by atoms with E-state index in [1.807, 2.05) is 0 Å². The van der Waals surface area contributed by atoms with Gasteiger partial charge in [-0.25, -0.2) is 0 Å². The molecular weight excluding hydrogens is 192 g/mol. The maximum absolute atomic E-state index is 10.2. The number of hydrogen-bond acceptors (Lipinski definition) is 4. The van der Waals surface area contributed by atoms with Gasteiger partial charge in [0.1, 0.15) is 0 Å². The van der Waals surface area contributed by atoms with E-state index in [0.717, 1.165) is 24.3 Å². The summed E-state index contributed by atoms with van der Waals surface area (Å²) < 4.78 is 0. The number of aromatic carboxylic acids is 2. The number of carbonyl (C=O) groups excluding carboxylic acids is 2. The Hall–Kier alpha value is -1.49. The number of rotatable bonds is 2. The lowest BCUT2D eigenvalue weighted by Crippen LogP contribution is -2.24. The number of carboxylic acids is 2. The largest absolute Gasteiger partial charge is 2.00 e. The minimum Gasteiger partial charge on any atom is -0.545 e. The van der Waals surface area contributed by atoms with E-state index < -0.39 is 11.9 Å². The van der Waals surface area contributed by atoms with Gasteiger partial charge in [-0.05, 0) is 11.1 Å². The first-order valence-corrected chi connectivity index (χ1v) is 3.14. The molecule has 0 aliphatic carbocycles. The van der Waals surface area contributed by atoms with Crippen molar-refractivity contribution in [3.05, 3.63) is 35.4 Å². The zero-order valence-corrected chi connectivity index (χ0v) is 7.17. The zero-order chi connectivity index (χ0) is 9.14. The summed E-state index contributed by atoms with van der Waals surface area (Å²) >= 11 is 0. The average Bonchev–Trinajstić information content (AvgIpc) is 2.04. The zero-order valence-electron chi connectivity index (χ0n) is 6.35. The molecule has 4 radical (unpaired) electrons. The molecule has 0 bridgehead atoms. The van der Waals surface area contributed by atoms with Crippen molar-refractivity contribution in [2.24, 2.45) is 0 Å². The Kier molecular flexibility index (Phi) is 4.00. The second kappa shape index (κ2) is 4.51. The highest BCUT2D eigenvalue weighted by molar-refractivity contribution is 7.37. The van der Waals surface area contributed by atoms with Crippen LogP contribution < -0.4 is 10.2 Å². The van der Waals surface area contributed by atoms with Gasteiger partial charge in [-0.1, -0.05) is 24.3 Å². The van der Waals surface area contributed by atoms with Gasteiger partial charge in [-0.15, -0.1) is 0 Å². The fourth-order valence-electron chi connectivity index (χ4n) is 0.742. The van der Waals surface area contributed by atoms with E-state index in [9.17, 15) is 19.8 Å². The van der Waals surface area contributed by atoms with Gasteiger partial charge >= 0.3 is 13.5 Å². The van der Waals surface area contributed by atoms with Crippen molar-refractivity contribution in [2.75, 3.05) is 0 Å². The van der Waals surface area contributed by atoms with Crippen molar-refractivity contribution in [1.29, 1.82) is 0 Å². The molecule has 0 unspecified atom stereocenters. The molecule has 4 nitrogen and oxygen atoms in total. The van der Waals surface area contributed by atoms with Crippen molar-refractivity contribution < 1.29 is 19.8 Å². The van der Waals surface area contributed by atoms with E-state index >= 15 is 0 Å². The van der Waals surface area contributed by atoms with E-state index in [0.29, 0.717) is 0 Å². The van der Waals surface area contributed by atoms with E-state index in [1.165, 1.54) is 0 Å². The first-order chi connectivity index (χ1) is 5.61. The Morgan fingerprint density at radius 3 is 1.23 bits per heavy atom. The topological polar surface area (TPSA) is 80.3 Å². The first-order valence-electron chi connectivity index (χ1n) is 3.14. The molecule has 13 heavy (non-hydrogen) atoms. The van der Waals surface area contributed by atoms with Crippen LogP contribution in [0, 0.1) is 0 Å². The van der Waals surface area contributed by atoms with Crippen molar-refractivity contribution in [2.45, 2.75) is 0 Å². The van der Waals surface area contributed by atoms with Crippen LogP contribution in [0.2, 0.25) is 0 Å². The summed E-state index contributed by atoms with van der Waals surface area (Å²) in [7, 11) is 0. The number of hydrogen-bond donors (Lipinski definition) is 0. The Balaban J connectivity index is 0.00000144. The van der Waals surface area contributed by atoms with Gasteiger partial charge in [0, 0.05) is 0 Å². The molecule has 1 rings (SSSR count). The average molecular weight is 196 g/mol. The highest BCUT2D eigenvalue weighted by Gasteiger charge is 2.00. The van der Waals surface area contributed by atoms with Crippen molar-refractivity contribution in [1.82, 2.24) is 0 Å². The third kappa shape index (κ3) is 2.79. The second-order valence-corrected chi connectivity index (χ2v) is 2.15.